The second-order valence-corrected chi connectivity index (χ2v) is 8.76. The maximum absolute atomic E-state index is 12.8. The van der Waals surface area contributed by atoms with Gasteiger partial charge >= 0.3 is 0 Å². The zero-order valence-electron chi connectivity index (χ0n) is 17.4. The van der Waals surface area contributed by atoms with E-state index in [1.165, 1.54) is 17.3 Å². The number of carbonyl (C=O) groups excluding carboxylic acids is 2. The van der Waals surface area contributed by atoms with Crippen LogP contribution in [-0.4, -0.2) is 60.6 Å². The van der Waals surface area contributed by atoms with Crippen LogP contribution in [0.4, 0.5) is 5.69 Å². The fourth-order valence-corrected chi connectivity index (χ4v) is 5.07. The number of hydrogen-bond acceptors (Lipinski definition) is 6. The van der Waals surface area contributed by atoms with E-state index >= 15 is 0 Å². The number of nitrogens with one attached hydrogen (secondary N) is 1. The Balaban J connectivity index is 1.25. The summed E-state index contributed by atoms with van der Waals surface area (Å²) in [6.07, 6.45) is 3.12. The van der Waals surface area contributed by atoms with Gasteiger partial charge in [0, 0.05) is 50.9 Å². The topological polar surface area (TPSA) is 82.1 Å². The number of likely N-dealkylation sites (tertiary alicyclic amines) is 1. The number of carbonyl (C=O) groups is 2. The van der Waals surface area contributed by atoms with Gasteiger partial charge in [-0.2, -0.15) is 0 Å². The Kier molecular flexibility index (Phi) is 4.79. The second kappa shape index (κ2) is 7.51. The number of Topliss-reactive ketones (excluding diaryl/α,β-unsaturated/α-hetero) is 1. The third-order valence-electron chi connectivity index (χ3n) is 6.43. The Morgan fingerprint density at radius 1 is 1.29 bits per heavy atom. The molecule has 7 heteroatoms. The van der Waals surface area contributed by atoms with Gasteiger partial charge in [0.05, 0.1) is 12.0 Å². The number of nitrogens with zero attached hydrogens (tertiary/aromatic N) is 2. The number of ketones is 1. The van der Waals surface area contributed by atoms with Crippen molar-refractivity contribution in [1.29, 1.82) is 0 Å². The Morgan fingerprint density at radius 3 is 2.90 bits per heavy atom. The van der Waals surface area contributed by atoms with Crippen LogP contribution in [-0.2, 0) is 4.79 Å². The van der Waals surface area contributed by atoms with Gasteiger partial charge in [0.2, 0.25) is 0 Å². The number of hydroxylamine groups is 1. The van der Waals surface area contributed by atoms with E-state index in [9.17, 15) is 9.59 Å². The summed E-state index contributed by atoms with van der Waals surface area (Å²) < 4.78 is 6.30. The number of fused-ring (bicyclic) bond motifs is 2. The van der Waals surface area contributed by atoms with E-state index < -0.39 is 11.5 Å². The lowest BCUT2D eigenvalue weighted by atomic mass is 9.82. The number of hydrogen-bond donors (Lipinski definition) is 2. The van der Waals surface area contributed by atoms with Crippen molar-refractivity contribution in [1.82, 2.24) is 10.4 Å². The van der Waals surface area contributed by atoms with Crippen molar-refractivity contribution in [3.8, 4) is 5.75 Å². The molecule has 2 N–H and O–H groups in total. The third kappa shape index (κ3) is 3.60. The molecule has 7 nitrogen and oxygen atoms in total. The van der Waals surface area contributed by atoms with E-state index in [2.05, 4.69) is 41.1 Å². The van der Waals surface area contributed by atoms with Crippen molar-refractivity contribution in [2.24, 2.45) is 0 Å². The molecule has 160 valence electrons. The lowest BCUT2D eigenvalue weighted by Gasteiger charge is -2.52. The standard InChI is InChI=1S/C24H25N3O4/c1-26-12-17(18-4-2-3-5-20(18)26)13-27-14-24(15-27)11-21(28)19-10-16(6-8-22(19)31-24)7-9-23(29)25-30/h2-10,17,30H,11-15H2,1H3,(H,25,29)/b9-7+. The fourth-order valence-electron chi connectivity index (χ4n) is 5.07. The van der Waals surface area contributed by atoms with Crippen LogP contribution in [0.15, 0.2) is 48.5 Å². The number of amides is 1. The zero-order valence-corrected chi connectivity index (χ0v) is 17.4. The van der Waals surface area contributed by atoms with Crippen LogP contribution >= 0.6 is 0 Å². The smallest absolute Gasteiger partial charge is 0.267 e. The highest BCUT2D eigenvalue weighted by molar-refractivity contribution is 6.01. The first-order valence-corrected chi connectivity index (χ1v) is 10.5. The van der Waals surface area contributed by atoms with Gasteiger partial charge in [-0.1, -0.05) is 24.3 Å². The number of rotatable bonds is 4. The van der Waals surface area contributed by atoms with Crippen molar-refractivity contribution in [2.75, 3.05) is 38.1 Å². The van der Waals surface area contributed by atoms with Crippen LogP contribution in [0.2, 0.25) is 0 Å². The first kappa shape index (κ1) is 19.8. The quantitative estimate of drug-likeness (QED) is 0.450. The first-order chi connectivity index (χ1) is 15.0. The van der Waals surface area contributed by atoms with Crippen molar-refractivity contribution in [3.05, 3.63) is 65.2 Å². The molecule has 0 saturated carbocycles. The molecule has 1 spiro atoms. The van der Waals surface area contributed by atoms with Crippen LogP contribution in [0.1, 0.15) is 33.8 Å². The van der Waals surface area contributed by atoms with Crippen molar-refractivity contribution < 1.29 is 19.5 Å². The minimum atomic E-state index is -0.620. The maximum Gasteiger partial charge on any atom is 0.267 e. The molecule has 1 atom stereocenters. The van der Waals surface area contributed by atoms with E-state index in [1.807, 2.05) is 0 Å². The molecule has 3 aliphatic heterocycles. The van der Waals surface area contributed by atoms with Gasteiger partial charge in [0.15, 0.2) is 5.78 Å². The SMILES string of the molecule is CN1CC(CN2CC3(CC(=O)c4cc(/C=C/C(=O)NO)ccc4O3)C2)c2ccccc21. The molecule has 0 aromatic heterocycles. The van der Waals surface area contributed by atoms with Gasteiger partial charge < -0.3 is 9.64 Å². The molecule has 0 radical (unpaired) electrons. The summed E-state index contributed by atoms with van der Waals surface area (Å²) in [5.41, 5.74) is 5.05. The summed E-state index contributed by atoms with van der Waals surface area (Å²) >= 11 is 0. The lowest BCUT2D eigenvalue weighted by Crippen LogP contribution is -2.67. The molecule has 5 rings (SSSR count). The summed E-state index contributed by atoms with van der Waals surface area (Å²) in [5.74, 6) is 0.514. The van der Waals surface area contributed by atoms with E-state index in [0.29, 0.717) is 29.2 Å². The van der Waals surface area contributed by atoms with Crippen molar-refractivity contribution in [3.63, 3.8) is 0 Å². The summed E-state index contributed by atoms with van der Waals surface area (Å²) in [7, 11) is 2.13. The highest BCUT2D eigenvalue weighted by atomic mass is 16.5. The van der Waals surface area contributed by atoms with E-state index in [-0.39, 0.29) is 5.78 Å². The van der Waals surface area contributed by atoms with E-state index in [1.54, 1.807) is 29.8 Å². The molecule has 0 bridgehead atoms. The Hall–Kier alpha value is -3.16. The Morgan fingerprint density at radius 2 is 2.10 bits per heavy atom. The summed E-state index contributed by atoms with van der Waals surface area (Å²) in [6.45, 7) is 3.47. The summed E-state index contributed by atoms with van der Waals surface area (Å²) in [6, 6.07) is 13.9. The Bertz CT molecular complexity index is 1070. The van der Waals surface area contributed by atoms with Gasteiger partial charge in [0.25, 0.3) is 5.91 Å². The van der Waals surface area contributed by atoms with Crippen LogP contribution in [0.5, 0.6) is 5.75 Å². The molecule has 0 aliphatic carbocycles. The van der Waals surface area contributed by atoms with Gasteiger partial charge in [-0.05, 0) is 35.4 Å². The molecule has 1 fully saturated rings. The molecule has 3 heterocycles. The predicted molar refractivity (Wildman–Crippen MR) is 117 cm³/mol. The second-order valence-electron chi connectivity index (χ2n) is 8.76. The molecule has 3 aliphatic rings. The monoisotopic (exact) mass is 419 g/mol. The minimum Gasteiger partial charge on any atom is -0.483 e. The minimum absolute atomic E-state index is 0.0636. The number of ether oxygens (including phenoxy) is 1. The zero-order chi connectivity index (χ0) is 21.6. The highest BCUT2D eigenvalue weighted by Gasteiger charge is 2.50. The first-order valence-electron chi connectivity index (χ1n) is 10.5. The van der Waals surface area contributed by atoms with Gasteiger partial charge in [-0.3, -0.25) is 19.7 Å². The highest BCUT2D eigenvalue weighted by Crippen LogP contribution is 2.41. The van der Waals surface area contributed by atoms with Gasteiger partial charge in [-0.25, -0.2) is 5.48 Å². The van der Waals surface area contributed by atoms with Gasteiger partial charge in [0.1, 0.15) is 11.4 Å². The molecule has 2 aromatic carbocycles. The summed E-state index contributed by atoms with van der Waals surface area (Å²) in [4.78, 5) is 28.7. The Labute approximate surface area is 180 Å². The maximum atomic E-state index is 12.8. The molecule has 1 unspecified atom stereocenters. The van der Waals surface area contributed by atoms with Crippen molar-refractivity contribution in [2.45, 2.75) is 17.9 Å². The van der Waals surface area contributed by atoms with E-state index in [4.69, 9.17) is 9.94 Å². The molecule has 1 saturated heterocycles. The molecule has 1 amide bonds. The van der Waals surface area contributed by atoms with Gasteiger partial charge in [-0.15, -0.1) is 0 Å². The number of likely N-dealkylation sites (N-methyl/N-ethyl adjacent to an activating group) is 1. The lowest BCUT2D eigenvalue weighted by molar-refractivity contribution is -0.124. The number of anilines is 1. The largest absolute Gasteiger partial charge is 0.483 e. The van der Waals surface area contributed by atoms with Crippen LogP contribution < -0.4 is 15.1 Å². The van der Waals surface area contributed by atoms with E-state index in [0.717, 1.165) is 26.2 Å². The molecular weight excluding hydrogens is 394 g/mol. The predicted octanol–water partition coefficient (Wildman–Crippen LogP) is 2.46. The third-order valence-corrected chi connectivity index (χ3v) is 6.43. The average Bonchev–Trinajstić information content (AvgIpc) is 3.07. The fraction of sp³-hybridized carbons (Fsp3) is 0.333. The van der Waals surface area contributed by atoms with Crippen LogP contribution in [0, 0.1) is 0 Å². The molecule has 2 aromatic rings. The molecular formula is C24H25N3O4. The number of para-hydroxylation sites is 1. The van der Waals surface area contributed by atoms with Crippen molar-refractivity contribution >= 4 is 23.5 Å². The van der Waals surface area contributed by atoms with Crippen LogP contribution in [0.25, 0.3) is 6.08 Å². The summed E-state index contributed by atoms with van der Waals surface area (Å²) in [5, 5.41) is 8.58. The molecule has 31 heavy (non-hydrogen) atoms. The normalized spacial score (nSPS) is 21.5. The van der Waals surface area contributed by atoms with Crippen LogP contribution in [0.3, 0.4) is 0 Å². The average molecular weight is 419 g/mol. The number of benzene rings is 2.